The van der Waals surface area contributed by atoms with E-state index in [1.165, 1.54) is 31.3 Å². The highest BCUT2D eigenvalue weighted by Crippen LogP contribution is 2.19. The standard InChI is InChI=1S/C8H15NO/c9-10-7-6-8-4-2-1-3-5-8/h4H,1-3,5-7,9H2. The van der Waals surface area contributed by atoms with Crippen LogP contribution in [0.4, 0.5) is 0 Å². The van der Waals surface area contributed by atoms with Gasteiger partial charge in [0.1, 0.15) is 0 Å². The summed E-state index contributed by atoms with van der Waals surface area (Å²) in [5.74, 6) is 4.92. The van der Waals surface area contributed by atoms with Crippen LogP contribution in [0.25, 0.3) is 0 Å². The molecule has 0 aromatic rings. The van der Waals surface area contributed by atoms with Crippen molar-refractivity contribution in [3.8, 4) is 0 Å². The molecule has 0 saturated heterocycles. The van der Waals surface area contributed by atoms with Gasteiger partial charge in [-0.2, -0.15) is 0 Å². The van der Waals surface area contributed by atoms with E-state index < -0.39 is 0 Å². The van der Waals surface area contributed by atoms with Gasteiger partial charge in [-0.1, -0.05) is 11.6 Å². The van der Waals surface area contributed by atoms with Gasteiger partial charge in [-0.15, -0.1) is 0 Å². The average Bonchev–Trinajstić information content (AvgIpc) is 2.03. The quantitative estimate of drug-likeness (QED) is 0.480. The molecule has 58 valence electrons. The Morgan fingerprint density at radius 1 is 1.50 bits per heavy atom. The molecule has 2 heteroatoms. The van der Waals surface area contributed by atoms with Crippen LogP contribution in [0.2, 0.25) is 0 Å². The summed E-state index contributed by atoms with van der Waals surface area (Å²) in [6.45, 7) is 0.672. The summed E-state index contributed by atoms with van der Waals surface area (Å²) in [6, 6.07) is 0. The monoisotopic (exact) mass is 141 g/mol. The van der Waals surface area contributed by atoms with E-state index in [0.717, 1.165) is 6.42 Å². The first kappa shape index (κ1) is 7.76. The fraction of sp³-hybridized carbons (Fsp3) is 0.750. The topological polar surface area (TPSA) is 35.2 Å². The third kappa shape index (κ3) is 2.50. The second kappa shape index (κ2) is 4.47. The molecular formula is C8H15NO. The molecule has 0 unspecified atom stereocenters. The molecule has 2 N–H and O–H groups in total. The van der Waals surface area contributed by atoms with Gasteiger partial charge in [0, 0.05) is 0 Å². The van der Waals surface area contributed by atoms with Gasteiger partial charge in [0.25, 0.3) is 0 Å². The molecule has 0 aromatic heterocycles. The minimum atomic E-state index is 0.672. The van der Waals surface area contributed by atoms with E-state index in [1.807, 2.05) is 0 Å². The number of hydrogen-bond donors (Lipinski definition) is 1. The molecule has 0 spiro atoms. The van der Waals surface area contributed by atoms with Gasteiger partial charge in [-0.3, -0.25) is 0 Å². The Morgan fingerprint density at radius 3 is 3.00 bits per heavy atom. The largest absolute Gasteiger partial charge is 0.304 e. The van der Waals surface area contributed by atoms with E-state index in [9.17, 15) is 0 Å². The molecule has 1 rings (SSSR count). The fourth-order valence-corrected chi connectivity index (χ4v) is 1.32. The third-order valence-corrected chi connectivity index (χ3v) is 1.93. The van der Waals surface area contributed by atoms with Gasteiger partial charge in [0.2, 0.25) is 0 Å². The van der Waals surface area contributed by atoms with Gasteiger partial charge in [-0.05, 0) is 32.1 Å². The summed E-state index contributed by atoms with van der Waals surface area (Å²) in [4.78, 5) is 4.50. The second-order valence-electron chi connectivity index (χ2n) is 2.73. The molecule has 0 aromatic carbocycles. The molecule has 0 amide bonds. The van der Waals surface area contributed by atoms with Crippen LogP contribution in [0.5, 0.6) is 0 Å². The summed E-state index contributed by atoms with van der Waals surface area (Å²) < 4.78 is 0. The Labute approximate surface area is 62.0 Å². The zero-order chi connectivity index (χ0) is 7.23. The van der Waals surface area contributed by atoms with Crippen molar-refractivity contribution in [2.75, 3.05) is 6.61 Å². The zero-order valence-corrected chi connectivity index (χ0v) is 6.31. The van der Waals surface area contributed by atoms with Gasteiger partial charge in [0.05, 0.1) is 6.61 Å². The van der Waals surface area contributed by atoms with E-state index in [1.54, 1.807) is 0 Å². The second-order valence-corrected chi connectivity index (χ2v) is 2.73. The van der Waals surface area contributed by atoms with Crippen molar-refractivity contribution in [2.24, 2.45) is 5.90 Å². The number of nitrogens with two attached hydrogens (primary N) is 1. The molecule has 0 fully saturated rings. The first-order chi connectivity index (χ1) is 4.93. The summed E-state index contributed by atoms with van der Waals surface area (Å²) in [5, 5.41) is 0. The maximum Gasteiger partial charge on any atom is 0.0716 e. The van der Waals surface area contributed by atoms with Crippen LogP contribution in [0.1, 0.15) is 32.1 Å². The van der Waals surface area contributed by atoms with Gasteiger partial charge in [-0.25, -0.2) is 5.90 Å². The molecule has 0 bridgehead atoms. The smallest absolute Gasteiger partial charge is 0.0716 e. The van der Waals surface area contributed by atoms with Crippen molar-refractivity contribution in [1.82, 2.24) is 0 Å². The Balaban J connectivity index is 2.18. The number of hydrogen-bond acceptors (Lipinski definition) is 2. The summed E-state index contributed by atoms with van der Waals surface area (Å²) in [5.41, 5.74) is 1.52. The predicted octanol–water partition coefficient (Wildman–Crippen LogP) is 1.77. The first-order valence-electron chi connectivity index (χ1n) is 3.93. The highest BCUT2D eigenvalue weighted by molar-refractivity contribution is 5.04. The maximum atomic E-state index is 4.92. The molecule has 1 aliphatic carbocycles. The summed E-state index contributed by atoms with van der Waals surface area (Å²) in [6.07, 6.45) is 8.55. The lowest BCUT2D eigenvalue weighted by Crippen LogP contribution is -2.03. The molecule has 0 atom stereocenters. The van der Waals surface area contributed by atoms with Gasteiger partial charge < -0.3 is 4.84 Å². The van der Waals surface area contributed by atoms with Crippen LogP contribution >= 0.6 is 0 Å². The molecule has 10 heavy (non-hydrogen) atoms. The lowest BCUT2D eigenvalue weighted by atomic mass is 9.98. The van der Waals surface area contributed by atoms with Crippen molar-refractivity contribution in [3.63, 3.8) is 0 Å². The lowest BCUT2D eigenvalue weighted by Gasteiger charge is -2.10. The molecule has 0 radical (unpaired) electrons. The minimum Gasteiger partial charge on any atom is -0.304 e. The molecule has 0 heterocycles. The van der Waals surface area contributed by atoms with Crippen LogP contribution in [0.15, 0.2) is 11.6 Å². The van der Waals surface area contributed by atoms with Crippen molar-refractivity contribution in [1.29, 1.82) is 0 Å². The zero-order valence-electron chi connectivity index (χ0n) is 6.31. The summed E-state index contributed by atoms with van der Waals surface area (Å²) >= 11 is 0. The van der Waals surface area contributed by atoms with Gasteiger partial charge in [0.15, 0.2) is 0 Å². The Bertz CT molecular complexity index is 120. The normalized spacial score (nSPS) is 18.7. The van der Waals surface area contributed by atoms with Crippen LogP contribution in [-0.2, 0) is 4.84 Å². The molecule has 0 aliphatic heterocycles. The van der Waals surface area contributed by atoms with E-state index in [2.05, 4.69) is 10.9 Å². The average molecular weight is 141 g/mol. The minimum absolute atomic E-state index is 0.672. The first-order valence-corrected chi connectivity index (χ1v) is 3.93. The van der Waals surface area contributed by atoms with E-state index in [-0.39, 0.29) is 0 Å². The maximum absolute atomic E-state index is 4.92. The Morgan fingerprint density at radius 2 is 2.40 bits per heavy atom. The predicted molar refractivity (Wildman–Crippen MR) is 41.3 cm³/mol. The van der Waals surface area contributed by atoms with E-state index in [0.29, 0.717) is 6.61 Å². The van der Waals surface area contributed by atoms with Crippen LogP contribution in [0, 0.1) is 0 Å². The van der Waals surface area contributed by atoms with Crippen LogP contribution in [-0.4, -0.2) is 6.61 Å². The number of rotatable bonds is 3. The van der Waals surface area contributed by atoms with Crippen molar-refractivity contribution in [2.45, 2.75) is 32.1 Å². The third-order valence-electron chi connectivity index (χ3n) is 1.93. The SMILES string of the molecule is NOCCC1=CCCCC1. The summed E-state index contributed by atoms with van der Waals surface area (Å²) in [7, 11) is 0. The van der Waals surface area contributed by atoms with E-state index >= 15 is 0 Å². The fourth-order valence-electron chi connectivity index (χ4n) is 1.32. The van der Waals surface area contributed by atoms with Crippen LogP contribution in [0.3, 0.4) is 0 Å². The lowest BCUT2D eigenvalue weighted by molar-refractivity contribution is 0.140. The Kier molecular flexibility index (Phi) is 3.47. The van der Waals surface area contributed by atoms with Crippen molar-refractivity contribution < 1.29 is 4.84 Å². The molecular weight excluding hydrogens is 126 g/mol. The molecule has 0 saturated carbocycles. The van der Waals surface area contributed by atoms with Crippen molar-refractivity contribution in [3.05, 3.63) is 11.6 Å². The highest BCUT2D eigenvalue weighted by Gasteiger charge is 2.01. The van der Waals surface area contributed by atoms with Crippen LogP contribution < -0.4 is 5.90 Å². The Hall–Kier alpha value is -0.340. The van der Waals surface area contributed by atoms with Crippen molar-refractivity contribution >= 4 is 0 Å². The van der Waals surface area contributed by atoms with Gasteiger partial charge >= 0.3 is 0 Å². The van der Waals surface area contributed by atoms with E-state index in [4.69, 9.17) is 5.90 Å². The number of allylic oxidation sites excluding steroid dienone is 1. The molecule has 1 aliphatic rings. The molecule has 2 nitrogen and oxygen atoms in total. The highest BCUT2D eigenvalue weighted by atomic mass is 16.6.